The van der Waals surface area contributed by atoms with E-state index in [4.69, 9.17) is 9.73 Å². The van der Waals surface area contributed by atoms with E-state index in [1.807, 2.05) is 6.92 Å². The largest absolute Gasteiger partial charge is 0.401 e. The van der Waals surface area contributed by atoms with Crippen molar-refractivity contribution in [3.8, 4) is 0 Å². The molecule has 1 unspecified atom stereocenters. The van der Waals surface area contributed by atoms with Crippen LogP contribution in [0.4, 0.5) is 13.2 Å². The highest BCUT2D eigenvalue weighted by atomic mass is 19.4. The molecule has 0 radical (unpaired) electrons. The zero-order valence-electron chi connectivity index (χ0n) is 16.7. The molecule has 1 saturated carbocycles. The first kappa shape index (κ1) is 22.3. The van der Waals surface area contributed by atoms with Crippen molar-refractivity contribution < 1.29 is 17.9 Å². The van der Waals surface area contributed by atoms with Crippen molar-refractivity contribution in [1.82, 2.24) is 15.5 Å². The van der Waals surface area contributed by atoms with E-state index in [9.17, 15) is 13.2 Å². The van der Waals surface area contributed by atoms with Crippen LogP contribution in [-0.4, -0.2) is 70.0 Å². The molecule has 27 heavy (non-hydrogen) atoms. The third kappa shape index (κ3) is 7.86. The first-order chi connectivity index (χ1) is 12.9. The van der Waals surface area contributed by atoms with Crippen molar-refractivity contribution in [1.29, 1.82) is 0 Å². The highest BCUT2D eigenvalue weighted by Crippen LogP contribution is 2.41. The van der Waals surface area contributed by atoms with Gasteiger partial charge in [0.1, 0.15) is 0 Å². The molecule has 1 atom stereocenters. The number of nitrogens with zero attached hydrogens (tertiary/aromatic N) is 2. The van der Waals surface area contributed by atoms with Gasteiger partial charge in [0.25, 0.3) is 0 Å². The predicted octanol–water partition coefficient (Wildman–Crippen LogP) is 3.02. The number of halogens is 3. The van der Waals surface area contributed by atoms with Crippen molar-refractivity contribution in [2.24, 2.45) is 16.3 Å². The molecule has 2 fully saturated rings. The SMILES string of the molecule is CCNC(=NCC1(CCOC)CCCC1)NCC1CCN(CC(F)(F)F)C1. The van der Waals surface area contributed by atoms with Gasteiger partial charge in [-0.05, 0) is 50.5 Å². The molecule has 8 heteroatoms. The minimum Gasteiger partial charge on any atom is -0.385 e. The van der Waals surface area contributed by atoms with Gasteiger partial charge in [0.2, 0.25) is 0 Å². The summed E-state index contributed by atoms with van der Waals surface area (Å²) in [4.78, 5) is 6.30. The van der Waals surface area contributed by atoms with Gasteiger partial charge < -0.3 is 15.4 Å². The van der Waals surface area contributed by atoms with E-state index in [0.717, 1.165) is 38.5 Å². The maximum atomic E-state index is 12.5. The molecule has 0 spiro atoms. The van der Waals surface area contributed by atoms with E-state index in [1.165, 1.54) is 30.6 Å². The summed E-state index contributed by atoms with van der Waals surface area (Å²) in [6.45, 7) is 5.18. The number of aliphatic imine (C=N–C) groups is 1. The third-order valence-electron chi connectivity index (χ3n) is 5.75. The Labute approximate surface area is 161 Å². The van der Waals surface area contributed by atoms with Crippen LogP contribution in [0.1, 0.15) is 45.4 Å². The Morgan fingerprint density at radius 1 is 1.26 bits per heavy atom. The summed E-state index contributed by atoms with van der Waals surface area (Å²) in [6, 6.07) is 0. The van der Waals surface area contributed by atoms with Gasteiger partial charge in [-0.1, -0.05) is 12.8 Å². The molecule has 1 heterocycles. The molecular weight excluding hydrogens is 357 g/mol. The van der Waals surface area contributed by atoms with Crippen LogP contribution in [0.3, 0.4) is 0 Å². The minimum absolute atomic E-state index is 0.227. The smallest absolute Gasteiger partial charge is 0.385 e. The molecule has 5 nitrogen and oxygen atoms in total. The van der Waals surface area contributed by atoms with E-state index in [0.29, 0.717) is 19.6 Å². The third-order valence-corrected chi connectivity index (χ3v) is 5.75. The van der Waals surface area contributed by atoms with Gasteiger partial charge in [-0.15, -0.1) is 0 Å². The molecule has 0 aromatic carbocycles. The highest BCUT2D eigenvalue weighted by molar-refractivity contribution is 5.79. The lowest BCUT2D eigenvalue weighted by Crippen LogP contribution is -2.41. The second kappa shape index (κ2) is 10.5. The normalized spacial score (nSPS) is 23.7. The number of likely N-dealkylation sites (tertiary alicyclic amines) is 1. The molecule has 158 valence electrons. The summed E-state index contributed by atoms with van der Waals surface area (Å²) in [7, 11) is 1.74. The van der Waals surface area contributed by atoms with Crippen molar-refractivity contribution >= 4 is 5.96 Å². The molecule has 1 aliphatic heterocycles. The molecule has 1 saturated heterocycles. The summed E-state index contributed by atoms with van der Waals surface area (Å²) in [5.74, 6) is 1.00. The fraction of sp³-hybridized carbons (Fsp3) is 0.947. The van der Waals surface area contributed by atoms with Crippen LogP contribution in [0.2, 0.25) is 0 Å². The van der Waals surface area contributed by atoms with Gasteiger partial charge in [0.15, 0.2) is 5.96 Å². The summed E-state index contributed by atoms with van der Waals surface area (Å²) in [5.41, 5.74) is 0.231. The molecule has 0 bridgehead atoms. The number of alkyl halides is 3. The Morgan fingerprint density at radius 3 is 2.63 bits per heavy atom. The number of methoxy groups -OCH3 is 1. The lowest BCUT2D eigenvalue weighted by molar-refractivity contribution is -0.143. The molecule has 0 aromatic heterocycles. The number of ether oxygens (including phenoxy) is 1. The van der Waals surface area contributed by atoms with E-state index in [2.05, 4.69) is 10.6 Å². The maximum Gasteiger partial charge on any atom is 0.401 e. The molecule has 2 N–H and O–H groups in total. The standard InChI is InChI=1S/C19H35F3N4O/c1-3-23-17(25-14-18(9-11-27-2)7-4-5-8-18)24-12-16-6-10-26(13-16)15-19(20,21)22/h16H,3-15H2,1-2H3,(H2,23,24,25). The van der Waals surface area contributed by atoms with Crippen molar-refractivity contribution in [3.63, 3.8) is 0 Å². The maximum absolute atomic E-state index is 12.5. The van der Waals surface area contributed by atoms with Crippen LogP contribution >= 0.6 is 0 Å². The molecular formula is C19H35F3N4O. The Balaban J connectivity index is 1.83. The van der Waals surface area contributed by atoms with Gasteiger partial charge in [-0.2, -0.15) is 13.2 Å². The fourth-order valence-electron chi connectivity index (χ4n) is 4.24. The van der Waals surface area contributed by atoms with Gasteiger partial charge >= 0.3 is 6.18 Å². The Kier molecular flexibility index (Phi) is 8.66. The minimum atomic E-state index is -4.11. The summed E-state index contributed by atoms with van der Waals surface area (Å²) in [6.07, 6.45) is 2.58. The first-order valence-corrected chi connectivity index (χ1v) is 10.2. The molecule has 0 amide bonds. The van der Waals surface area contributed by atoms with Crippen LogP contribution in [0.25, 0.3) is 0 Å². The van der Waals surface area contributed by atoms with E-state index < -0.39 is 12.7 Å². The first-order valence-electron chi connectivity index (χ1n) is 10.2. The van der Waals surface area contributed by atoms with Crippen LogP contribution in [-0.2, 0) is 4.74 Å². The average molecular weight is 393 g/mol. The number of rotatable bonds is 9. The van der Waals surface area contributed by atoms with Gasteiger partial charge in [-0.25, -0.2) is 0 Å². The lowest BCUT2D eigenvalue weighted by Gasteiger charge is -2.27. The Morgan fingerprint density at radius 2 is 2.00 bits per heavy atom. The average Bonchev–Trinajstić information content (AvgIpc) is 3.24. The van der Waals surface area contributed by atoms with Crippen LogP contribution in [0, 0.1) is 11.3 Å². The van der Waals surface area contributed by atoms with E-state index >= 15 is 0 Å². The fourth-order valence-corrected chi connectivity index (χ4v) is 4.24. The molecule has 2 rings (SSSR count). The van der Waals surface area contributed by atoms with Gasteiger partial charge in [-0.3, -0.25) is 9.89 Å². The number of hydrogen-bond donors (Lipinski definition) is 2. The molecule has 0 aromatic rings. The second-order valence-electron chi connectivity index (χ2n) is 8.03. The molecule has 1 aliphatic carbocycles. The Hall–Kier alpha value is -1.02. The predicted molar refractivity (Wildman–Crippen MR) is 102 cm³/mol. The van der Waals surface area contributed by atoms with Gasteiger partial charge in [0, 0.05) is 39.9 Å². The zero-order valence-corrected chi connectivity index (χ0v) is 16.7. The monoisotopic (exact) mass is 392 g/mol. The summed E-state index contributed by atoms with van der Waals surface area (Å²) >= 11 is 0. The highest BCUT2D eigenvalue weighted by Gasteiger charge is 2.35. The van der Waals surface area contributed by atoms with E-state index in [-0.39, 0.29) is 11.3 Å². The number of hydrogen-bond acceptors (Lipinski definition) is 3. The van der Waals surface area contributed by atoms with Gasteiger partial charge in [0.05, 0.1) is 6.54 Å². The quantitative estimate of drug-likeness (QED) is 0.468. The van der Waals surface area contributed by atoms with Crippen LogP contribution < -0.4 is 10.6 Å². The van der Waals surface area contributed by atoms with Crippen molar-refractivity contribution in [3.05, 3.63) is 0 Å². The van der Waals surface area contributed by atoms with E-state index in [1.54, 1.807) is 7.11 Å². The van der Waals surface area contributed by atoms with Crippen LogP contribution in [0.5, 0.6) is 0 Å². The summed E-state index contributed by atoms with van der Waals surface area (Å²) < 4.78 is 42.9. The van der Waals surface area contributed by atoms with Crippen LogP contribution in [0.15, 0.2) is 4.99 Å². The summed E-state index contributed by atoms with van der Waals surface area (Å²) in [5, 5.41) is 6.61. The zero-order chi connectivity index (χ0) is 19.8. The second-order valence-corrected chi connectivity index (χ2v) is 8.03. The van der Waals surface area contributed by atoms with Crippen molar-refractivity contribution in [2.75, 3.05) is 53.0 Å². The van der Waals surface area contributed by atoms with Crippen molar-refractivity contribution in [2.45, 2.75) is 51.6 Å². The molecule has 2 aliphatic rings. The topological polar surface area (TPSA) is 48.9 Å². The lowest BCUT2D eigenvalue weighted by atomic mass is 9.83. The Bertz CT molecular complexity index is 464. The number of nitrogens with one attached hydrogen (secondary N) is 2. The number of guanidine groups is 1.